The molecule has 0 fully saturated rings. The number of aromatic amines is 1. The molecule has 0 spiro atoms. The molecule has 0 unspecified atom stereocenters. The maximum Gasteiger partial charge on any atom is 0.247 e. The van der Waals surface area contributed by atoms with Crippen molar-refractivity contribution in [2.45, 2.75) is 10.9 Å². The number of para-hydroxylation sites is 2. The molecule has 0 bridgehead atoms. The highest BCUT2D eigenvalue weighted by molar-refractivity contribution is 7.98. The van der Waals surface area contributed by atoms with Crippen LogP contribution in [0, 0.1) is 0 Å². The van der Waals surface area contributed by atoms with Crippen molar-refractivity contribution < 1.29 is 4.42 Å². The molecule has 1 N–H and O–H groups in total. The second kappa shape index (κ2) is 6.06. The minimum atomic E-state index is 0.465. The highest BCUT2D eigenvalue weighted by Crippen LogP contribution is 2.25. The first kappa shape index (κ1) is 14.3. The molecule has 4 rings (SSSR count). The van der Waals surface area contributed by atoms with E-state index in [1.807, 2.05) is 36.4 Å². The van der Waals surface area contributed by atoms with Crippen LogP contribution in [0.1, 0.15) is 5.89 Å². The van der Waals surface area contributed by atoms with Crippen LogP contribution in [0.4, 0.5) is 0 Å². The number of fused-ring (bicyclic) bond motifs is 1. The number of hydrogen-bond donors (Lipinski definition) is 1. The average Bonchev–Trinajstić information content (AvgIpc) is 3.19. The smallest absolute Gasteiger partial charge is 0.247 e. The highest BCUT2D eigenvalue weighted by atomic mass is 35.5. The van der Waals surface area contributed by atoms with Crippen molar-refractivity contribution in [3.05, 3.63) is 59.4 Å². The molecule has 0 saturated heterocycles. The van der Waals surface area contributed by atoms with Crippen molar-refractivity contribution in [3.63, 3.8) is 0 Å². The molecule has 4 aromatic rings. The Hall–Kier alpha value is -2.31. The normalized spacial score (nSPS) is 11.2. The predicted molar refractivity (Wildman–Crippen MR) is 90.4 cm³/mol. The molecule has 0 atom stereocenters. The standard InChI is InChI=1S/C16H11ClN4OS/c17-11-5-3-4-10(8-11)15-21-20-14(22-15)9-23-16-18-12-6-1-2-7-13(12)19-16/h1-8H,9H2,(H,18,19). The van der Waals surface area contributed by atoms with Gasteiger partial charge in [-0.05, 0) is 30.3 Å². The van der Waals surface area contributed by atoms with Crippen LogP contribution in [0.5, 0.6) is 0 Å². The van der Waals surface area contributed by atoms with Crippen LogP contribution in [0.3, 0.4) is 0 Å². The van der Waals surface area contributed by atoms with Crippen LogP contribution in [-0.4, -0.2) is 20.2 Å². The Balaban J connectivity index is 1.49. The maximum atomic E-state index is 5.98. The fourth-order valence-corrected chi connectivity index (χ4v) is 3.09. The quantitative estimate of drug-likeness (QED) is 0.551. The van der Waals surface area contributed by atoms with E-state index in [0.717, 1.165) is 21.8 Å². The molecule has 2 heterocycles. The number of nitrogens with zero attached hydrogens (tertiary/aromatic N) is 3. The molecular weight excluding hydrogens is 332 g/mol. The van der Waals surface area contributed by atoms with Crippen LogP contribution in [0.15, 0.2) is 58.1 Å². The Kier molecular flexibility index (Phi) is 3.77. The molecule has 0 aliphatic rings. The van der Waals surface area contributed by atoms with Gasteiger partial charge in [0.05, 0.1) is 16.8 Å². The SMILES string of the molecule is Clc1cccc(-c2nnc(CSc3nc4ccccc4[nH]3)o2)c1. The van der Waals surface area contributed by atoms with Crippen molar-refractivity contribution in [1.29, 1.82) is 0 Å². The molecule has 7 heteroatoms. The van der Waals surface area contributed by atoms with Gasteiger partial charge in [0.15, 0.2) is 5.16 Å². The third kappa shape index (κ3) is 3.09. The van der Waals surface area contributed by atoms with E-state index in [9.17, 15) is 0 Å². The minimum Gasteiger partial charge on any atom is -0.420 e. The molecule has 5 nitrogen and oxygen atoms in total. The number of rotatable bonds is 4. The lowest BCUT2D eigenvalue weighted by molar-refractivity contribution is 0.528. The van der Waals surface area contributed by atoms with Gasteiger partial charge in [-0.15, -0.1) is 10.2 Å². The molecule has 0 amide bonds. The number of hydrogen-bond acceptors (Lipinski definition) is 5. The molecule has 0 aliphatic carbocycles. The van der Waals surface area contributed by atoms with E-state index >= 15 is 0 Å². The second-order valence-corrected chi connectivity index (χ2v) is 6.26. The third-order valence-corrected chi connectivity index (χ3v) is 4.33. The summed E-state index contributed by atoms with van der Waals surface area (Å²) in [6, 6.07) is 15.2. The van der Waals surface area contributed by atoms with Gasteiger partial charge < -0.3 is 9.40 Å². The van der Waals surface area contributed by atoms with E-state index in [2.05, 4.69) is 20.2 Å². The summed E-state index contributed by atoms with van der Waals surface area (Å²) in [5, 5.41) is 9.60. The monoisotopic (exact) mass is 342 g/mol. The number of nitrogens with one attached hydrogen (secondary N) is 1. The van der Waals surface area contributed by atoms with Gasteiger partial charge in [-0.3, -0.25) is 0 Å². The minimum absolute atomic E-state index is 0.465. The van der Waals surface area contributed by atoms with E-state index < -0.39 is 0 Å². The van der Waals surface area contributed by atoms with Gasteiger partial charge in [0, 0.05) is 10.6 Å². The summed E-state index contributed by atoms with van der Waals surface area (Å²) in [4.78, 5) is 7.76. The maximum absolute atomic E-state index is 5.98. The highest BCUT2D eigenvalue weighted by Gasteiger charge is 2.10. The van der Waals surface area contributed by atoms with Gasteiger partial charge in [0.1, 0.15) is 0 Å². The van der Waals surface area contributed by atoms with Crippen molar-refractivity contribution in [2.24, 2.45) is 0 Å². The van der Waals surface area contributed by atoms with E-state index in [-0.39, 0.29) is 0 Å². The number of imidazole rings is 1. The number of aromatic nitrogens is 4. The van der Waals surface area contributed by atoms with Crippen molar-refractivity contribution in [1.82, 2.24) is 20.2 Å². The van der Waals surface area contributed by atoms with Gasteiger partial charge in [-0.25, -0.2) is 4.98 Å². The van der Waals surface area contributed by atoms with E-state index in [1.165, 1.54) is 11.8 Å². The molecule has 0 radical (unpaired) electrons. The third-order valence-electron chi connectivity index (χ3n) is 3.24. The molecule has 0 aliphatic heterocycles. The zero-order chi connectivity index (χ0) is 15.6. The number of thioether (sulfide) groups is 1. The zero-order valence-electron chi connectivity index (χ0n) is 11.9. The first-order chi connectivity index (χ1) is 11.3. The van der Waals surface area contributed by atoms with Crippen LogP contribution >= 0.6 is 23.4 Å². The topological polar surface area (TPSA) is 67.6 Å². The Labute approximate surface area is 141 Å². The van der Waals surface area contributed by atoms with Crippen LogP contribution in [0.2, 0.25) is 5.02 Å². The molecular formula is C16H11ClN4OS. The van der Waals surface area contributed by atoms with Crippen LogP contribution in [0.25, 0.3) is 22.5 Å². The summed E-state index contributed by atoms with van der Waals surface area (Å²) in [5.74, 6) is 1.56. The van der Waals surface area contributed by atoms with Crippen LogP contribution < -0.4 is 0 Å². The van der Waals surface area contributed by atoms with Crippen molar-refractivity contribution >= 4 is 34.4 Å². The summed E-state index contributed by atoms with van der Waals surface area (Å²) in [6.07, 6.45) is 0. The summed E-state index contributed by atoms with van der Waals surface area (Å²) in [7, 11) is 0. The average molecular weight is 343 g/mol. The molecule has 114 valence electrons. The fraction of sp³-hybridized carbons (Fsp3) is 0.0625. The van der Waals surface area contributed by atoms with Gasteiger partial charge >= 0.3 is 0 Å². The number of halogens is 1. The largest absolute Gasteiger partial charge is 0.420 e. The second-order valence-electron chi connectivity index (χ2n) is 4.86. The Bertz CT molecular complexity index is 932. The first-order valence-electron chi connectivity index (χ1n) is 6.94. The lowest BCUT2D eigenvalue weighted by Gasteiger charge is -1.95. The summed E-state index contributed by atoms with van der Waals surface area (Å²) < 4.78 is 5.68. The Morgan fingerprint density at radius 3 is 2.87 bits per heavy atom. The molecule has 23 heavy (non-hydrogen) atoms. The van der Waals surface area contributed by atoms with Crippen molar-refractivity contribution in [2.75, 3.05) is 0 Å². The van der Waals surface area contributed by atoms with E-state index in [4.69, 9.17) is 16.0 Å². The summed E-state index contributed by atoms with van der Waals surface area (Å²) >= 11 is 7.50. The van der Waals surface area contributed by atoms with Crippen LogP contribution in [-0.2, 0) is 5.75 Å². The first-order valence-corrected chi connectivity index (χ1v) is 8.30. The van der Waals surface area contributed by atoms with Gasteiger partial charge in [0.25, 0.3) is 0 Å². The predicted octanol–water partition coefficient (Wildman–Crippen LogP) is 4.56. The molecule has 2 aromatic carbocycles. The Morgan fingerprint density at radius 2 is 2.00 bits per heavy atom. The van der Waals surface area contributed by atoms with Gasteiger partial charge in [-0.1, -0.05) is 41.6 Å². The lowest BCUT2D eigenvalue weighted by Crippen LogP contribution is -1.81. The van der Waals surface area contributed by atoms with E-state index in [1.54, 1.807) is 12.1 Å². The van der Waals surface area contributed by atoms with E-state index in [0.29, 0.717) is 22.6 Å². The van der Waals surface area contributed by atoms with Gasteiger partial charge in [0.2, 0.25) is 11.8 Å². The van der Waals surface area contributed by atoms with Gasteiger partial charge in [-0.2, -0.15) is 0 Å². The number of H-pyrrole nitrogens is 1. The zero-order valence-corrected chi connectivity index (χ0v) is 13.4. The summed E-state index contributed by atoms with van der Waals surface area (Å²) in [5.41, 5.74) is 2.77. The summed E-state index contributed by atoms with van der Waals surface area (Å²) in [6.45, 7) is 0. The Morgan fingerprint density at radius 1 is 1.09 bits per heavy atom. The fourth-order valence-electron chi connectivity index (χ4n) is 2.18. The molecule has 2 aromatic heterocycles. The lowest BCUT2D eigenvalue weighted by atomic mass is 10.2. The number of benzene rings is 2. The molecule has 0 saturated carbocycles. The van der Waals surface area contributed by atoms with Crippen molar-refractivity contribution in [3.8, 4) is 11.5 Å².